The van der Waals surface area contributed by atoms with Gasteiger partial charge in [0.05, 0.1) is 0 Å². The van der Waals surface area contributed by atoms with Crippen LogP contribution in [0.25, 0.3) is 0 Å². The van der Waals surface area contributed by atoms with E-state index in [4.69, 9.17) is 0 Å². The largest absolute Gasteiger partial charge is 0.342 e. The van der Waals surface area contributed by atoms with E-state index in [1.54, 1.807) is 24.1 Å². The van der Waals surface area contributed by atoms with Crippen LogP contribution in [0.4, 0.5) is 0 Å². The van der Waals surface area contributed by atoms with Gasteiger partial charge in [-0.1, -0.05) is 18.2 Å². The molecule has 12 heavy (non-hydrogen) atoms. The van der Waals surface area contributed by atoms with Crippen LogP contribution in [0.3, 0.4) is 0 Å². The molecule has 0 aliphatic rings. The topological polar surface area (TPSA) is 20.3 Å². The molecule has 63 valence electrons. The Hall–Kier alpha value is -1.31. The third kappa shape index (κ3) is 1.84. The first-order chi connectivity index (χ1) is 5.75. The normalized spacial score (nSPS) is 9.50. The Balaban J connectivity index is 2.79. The third-order valence-electron chi connectivity index (χ3n) is 1.76. The molecule has 0 fully saturated rings. The van der Waals surface area contributed by atoms with Crippen LogP contribution in [0.5, 0.6) is 0 Å². The molecular weight excluding hydrogens is 150 g/mol. The summed E-state index contributed by atoms with van der Waals surface area (Å²) in [6.45, 7) is 2.67. The summed E-state index contributed by atoms with van der Waals surface area (Å²) in [6.07, 6.45) is 0. The van der Waals surface area contributed by atoms with E-state index in [1.165, 1.54) is 0 Å². The van der Waals surface area contributed by atoms with Gasteiger partial charge in [-0.2, -0.15) is 0 Å². The number of amides is 1. The quantitative estimate of drug-likeness (QED) is 0.646. The van der Waals surface area contributed by atoms with Gasteiger partial charge >= 0.3 is 0 Å². The average molecular weight is 162 g/mol. The van der Waals surface area contributed by atoms with Crippen molar-refractivity contribution in [3.05, 3.63) is 35.9 Å². The van der Waals surface area contributed by atoms with Crippen molar-refractivity contribution in [2.24, 2.45) is 0 Å². The summed E-state index contributed by atoms with van der Waals surface area (Å²) < 4.78 is 0. The molecular formula is C10H12NO. The van der Waals surface area contributed by atoms with Crippen LogP contribution >= 0.6 is 0 Å². The molecule has 2 heteroatoms. The third-order valence-corrected chi connectivity index (χ3v) is 1.76. The zero-order valence-corrected chi connectivity index (χ0v) is 7.37. The predicted molar refractivity (Wildman–Crippen MR) is 47.9 cm³/mol. The SMILES string of the molecule is CCN(C)C(=O)c1[c]cccc1. The molecule has 0 bridgehead atoms. The second kappa shape index (κ2) is 3.90. The van der Waals surface area contributed by atoms with Gasteiger partial charge in [0.1, 0.15) is 0 Å². The molecule has 1 rings (SSSR count). The lowest BCUT2D eigenvalue weighted by atomic mass is 10.2. The van der Waals surface area contributed by atoms with Gasteiger partial charge in [0.25, 0.3) is 5.91 Å². The smallest absolute Gasteiger partial charge is 0.254 e. The minimum Gasteiger partial charge on any atom is -0.342 e. The Bertz CT molecular complexity index is 256. The minimum absolute atomic E-state index is 0.0260. The van der Waals surface area contributed by atoms with Gasteiger partial charge in [-0.05, 0) is 19.1 Å². The summed E-state index contributed by atoms with van der Waals surface area (Å²) in [4.78, 5) is 13.1. The van der Waals surface area contributed by atoms with Crippen LogP contribution < -0.4 is 0 Å². The lowest BCUT2D eigenvalue weighted by Gasteiger charge is -2.13. The molecule has 1 amide bonds. The van der Waals surface area contributed by atoms with Gasteiger partial charge in [-0.15, -0.1) is 0 Å². The minimum atomic E-state index is 0.0260. The first-order valence-electron chi connectivity index (χ1n) is 3.98. The molecule has 0 aromatic heterocycles. The lowest BCUT2D eigenvalue weighted by molar-refractivity contribution is 0.0802. The van der Waals surface area contributed by atoms with Crippen molar-refractivity contribution in [1.29, 1.82) is 0 Å². The fourth-order valence-corrected chi connectivity index (χ4v) is 0.876. The fraction of sp³-hybridized carbons (Fsp3) is 0.300. The number of benzene rings is 1. The van der Waals surface area contributed by atoms with Crippen LogP contribution in [0.15, 0.2) is 24.3 Å². The van der Waals surface area contributed by atoms with Crippen molar-refractivity contribution in [3.8, 4) is 0 Å². The molecule has 0 N–H and O–H groups in total. The summed E-state index contributed by atoms with van der Waals surface area (Å²) in [6, 6.07) is 10.1. The predicted octanol–water partition coefficient (Wildman–Crippen LogP) is 1.58. The number of hydrogen-bond donors (Lipinski definition) is 0. The summed E-state index contributed by atoms with van der Waals surface area (Å²) in [5, 5.41) is 0. The van der Waals surface area contributed by atoms with E-state index in [1.807, 2.05) is 19.1 Å². The highest BCUT2D eigenvalue weighted by Crippen LogP contribution is 2.01. The Kier molecular flexibility index (Phi) is 2.86. The van der Waals surface area contributed by atoms with E-state index in [0.29, 0.717) is 5.56 Å². The maximum Gasteiger partial charge on any atom is 0.254 e. The Morgan fingerprint density at radius 1 is 1.58 bits per heavy atom. The van der Waals surface area contributed by atoms with E-state index in [-0.39, 0.29) is 5.91 Å². The van der Waals surface area contributed by atoms with Crippen molar-refractivity contribution in [2.45, 2.75) is 6.92 Å². The molecule has 1 aromatic rings. The molecule has 1 radical (unpaired) electrons. The average Bonchev–Trinajstić information content (AvgIpc) is 2.17. The van der Waals surface area contributed by atoms with Crippen molar-refractivity contribution >= 4 is 5.91 Å². The van der Waals surface area contributed by atoms with Gasteiger partial charge in [0, 0.05) is 19.2 Å². The van der Waals surface area contributed by atoms with Crippen LogP contribution in [0.2, 0.25) is 0 Å². The zero-order valence-electron chi connectivity index (χ0n) is 7.37. The number of carbonyl (C=O) groups excluding carboxylic acids is 1. The Morgan fingerprint density at radius 2 is 2.33 bits per heavy atom. The van der Waals surface area contributed by atoms with E-state index in [0.717, 1.165) is 6.54 Å². The molecule has 0 aliphatic heterocycles. The first-order valence-corrected chi connectivity index (χ1v) is 3.98. The van der Waals surface area contributed by atoms with Crippen molar-refractivity contribution < 1.29 is 4.79 Å². The van der Waals surface area contributed by atoms with Crippen LogP contribution in [0, 0.1) is 6.07 Å². The standard InChI is InChI=1S/C10H12NO/c1-3-11(2)10(12)9-7-5-4-6-8-9/h4-7H,3H2,1-2H3. The second-order valence-corrected chi connectivity index (χ2v) is 2.60. The first kappa shape index (κ1) is 8.78. The Morgan fingerprint density at radius 3 is 2.83 bits per heavy atom. The highest BCUT2D eigenvalue weighted by Gasteiger charge is 2.07. The maximum atomic E-state index is 11.5. The van der Waals surface area contributed by atoms with E-state index in [2.05, 4.69) is 6.07 Å². The van der Waals surface area contributed by atoms with E-state index < -0.39 is 0 Å². The summed E-state index contributed by atoms with van der Waals surface area (Å²) in [7, 11) is 1.78. The molecule has 0 heterocycles. The molecule has 0 atom stereocenters. The van der Waals surface area contributed by atoms with Crippen molar-refractivity contribution in [3.63, 3.8) is 0 Å². The molecule has 0 saturated carbocycles. The molecule has 0 aliphatic carbocycles. The summed E-state index contributed by atoms with van der Waals surface area (Å²) in [5.74, 6) is 0.0260. The van der Waals surface area contributed by atoms with Gasteiger partial charge < -0.3 is 4.90 Å². The highest BCUT2D eigenvalue weighted by molar-refractivity contribution is 5.93. The van der Waals surface area contributed by atoms with Gasteiger partial charge in [-0.25, -0.2) is 0 Å². The molecule has 1 aromatic carbocycles. The van der Waals surface area contributed by atoms with Crippen molar-refractivity contribution in [2.75, 3.05) is 13.6 Å². The van der Waals surface area contributed by atoms with E-state index in [9.17, 15) is 4.79 Å². The van der Waals surface area contributed by atoms with Gasteiger partial charge in [-0.3, -0.25) is 4.79 Å². The number of carbonyl (C=O) groups is 1. The molecule has 2 nitrogen and oxygen atoms in total. The summed E-state index contributed by atoms with van der Waals surface area (Å²) in [5.41, 5.74) is 0.627. The van der Waals surface area contributed by atoms with Crippen LogP contribution in [-0.4, -0.2) is 24.4 Å². The maximum absolute atomic E-state index is 11.5. The molecule has 0 spiro atoms. The van der Waals surface area contributed by atoms with Crippen LogP contribution in [0.1, 0.15) is 17.3 Å². The number of rotatable bonds is 2. The molecule has 0 unspecified atom stereocenters. The molecule has 0 saturated heterocycles. The summed E-state index contributed by atoms with van der Waals surface area (Å²) >= 11 is 0. The van der Waals surface area contributed by atoms with Crippen LogP contribution in [-0.2, 0) is 0 Å². The fourth-order valence-electron chi connectivity index (χ4n) is 0.876. The number of nitrogens with zero attached hydrogens (tertiary/aromatic N) is 1. The lowest BCUT2D eigenvalue weighted by Crippen LogP contribution is -2.26. The zero-order chi connectivity index (χ0) is 8.97. The number of hydrogen-bond acceptors (Lipinski definition) is 1. The van der Waals surface area contributed by atoms with Crippen molar-refractivity contribution in [1.82, 2.24) is 4.90 Å². The second-order valence-electron chi connectivity index (χ2n) is 2.60. The highest BCUT2D eigenvalue weighted by atomic mass is 16.2. The monoisotopic (exact) mass is 162 g/mol. The Labute approximate surface area is 72.8 Å². The van der Waals surface area contributed by atoms with Gasteiger partial charge in [0.15, 0.2) is 0 Å². The van der Waals surface area contributed by atoms with Gasteiger partial charge in [0.2, 0.25) is 0 Å². The van der Waals surface area contributed by atoms with E-state index >= 15 is 0 Å².